The quantitative estimate of drug-likeness (QED) is 0.189. The van der Waals surface area contributed by atoms with Gasteiger partial charge in [0.1, 0.15) is 5.75 Å². The number of rotatable bonds is 14. The Bertz CT molecular complexity index is 1470. The summed E-state index contributed by atoms with van der Waals surface area (Å²) in [5.41, 5.74) is 5.07. The third-order valence-corrected chi connectivity index (χ3v) is 7.68. The van der Waals surface area contributed by atoms with Crippen LogP contribution < -0.4 is 50.0 Å². The molecule has 1 atom stereocenters. The van der Waals surface area contributed by atoms with Crippen LogP contribution in [0.4, 0.5) is 5.69 Å². The molecule has 0 saturated carbocycles. The zero-order valence-corrected chi connectivity index (χ0v) is 36.3. The van der Waals surface area contributed by atoms with Crippen LogP contribution in [0.2, 0.25) is 0 Å². The number of aryl methyl sites for hydroxylation is 2. The first-order chi connectivity index (χ1) is 24.6. The van der Waals surface area contributed by atoms with Crippen molar-refractivity contribution in [2.45, 2.75) is 94.0 Å². The van der Waals surface area contributed by atoms with Crippen molar-refractivity contribution < 1.29 is 63.3 Å². The molecule has 0 radical (unpaired) electrons. The van der Waals surface area contributed by atoms with Crippen LogP contribution in [0.1, 0.15) is 96.0 Å². The maximum atomic E-state index is 12.9. The predicted molar refractivity (Wildman–Crippen MR) is 208 cm³/mol. The molecule has 3 aromatic rings. The van der Waals surface area contributed by atoms with E-state index in [2.05, 4.69) is 38.3 Å². The fourth-order valence-corrected chi connectivity index (χ4v) is 4.26. The summed E-state index contributed by atoms with van der Waals surface area (Å²) in [4.78, 5) is 49.1. The van der Waals surface area contributed by atoms with Crippen molar-refractivity contribution in [1.82, 2.24) is 10.2 Å². The van der Waals surface area contributed by atoms with Gasteiger partial charge in [-0.2, -0.15) is 0 Å². The van der Waals surface area contributed by atoms with Crippen LogP contribution in [0, 0.1) is 19.3 Å². The number of aliphatic carboxylic acids is 1. The van der Waals surface area contributed by atoms with Gasteiger partial charge >= 0.3 is 29.6 Å². The molecule has 0 spiro atoms. The molecule has 3 amide bonds. The van der Waals surface area contributed by atoms with Gasteiger partial charge in [-0.05, 0) is 60.6 Å². The van der Waals surface area contributed by atoms with Gasteiger partial charge in [-0.1, -0.05) is 108 Å². The van der Waals surface area contributed by atoms with E-state index in [1.807, 2.05) is 76.2 Å². The third kappa shape index (κ3) is 24.3. The minimum atomic E-state index is -1.29. The van der Waals surface area contributed by atoms with E-state index < -0.39 is 17.9 Å². The Morgan fingerprint density at radius 3 is 1.92 bits per heavy atom. The number of nitrogens with one attached hydrogen (secondary N) is 2. The Labute approximate surface area is 340 Å². The topological polar surface area (TPSA) is 137 Å². The second-order valence-corrected chi connectivity index (χ2v) is 13.2. The number of carboxylic acids is 1. The van der Waals surface area contributed by atoms with Crippen molar-refractivity contribution >= 4 is 29.4 Å². The van der Waals surface area contributed by atoms with Gasteiger partial charge in [0.05, 0.1) is 26.1 Å². The summed E-state index contributed by atoms with van der Waals surface area (Å²) in [5, 5.41) is 16.7. The maximum Gasteiger partial charge on any atom is 1.00 e. The number of carbonyl (C=O) groups excluding carboxylic acids is 4. The van der Waals surface area contributed by atoms with Crippen molar-refractivity contribution in [2.24, 2.45) is 5.41 Å². The van der Waals surface area contributed by atoms with E-state index in [0.29, 0.717) is 36.3 Å². The molecule has 10 nitrogen and oxygen atoms in total. The van der Waals surface area contributed by atoms with Crippen molar-refractivity contribution in [3.8, 4) is 5.75 Å². The van der Waals surface area contributed by atoms with Gasteiger partial charge in [0.2, 0.25) is 17.7 Å². The molecule has 0 heterocycles. The molecular formula is C42H62N3NaO7. The summed E-state index contributed by atoms with van der Waals surface area (Å²) in [6.07, 6.45) is 1.62. The molecule has 11 heteroatoms. The summed E-state index contributed by atoms with van der Waals surface area (Å²) < 4.78 is 10.2. The number of hydrogen-bond donors (Lipinski definition) is 2. The first-order valence-corrected chi connectivity index (χ1v) is 17.9. The van der Waals surface area contributed by atoms with E-state index in [9.17, 15) is 24.3 Å². The number of amides is 3. The number of carboxylic acid groups (broad SMARTS) is 1. The number of methoxy groups -OCH3 is 2. The molecule has 53 heavy (non-hydrogen) atoms. The maximum absolute atomic E-state index is 12.9. The first kappa shape index (κ1) is 51.4. The predicted octanol–water partition coefficient (Wildman–Crippen LogP) is 3.83. The van der Waals surface area contributed by atoms with Crippen molar-refractivity contribution in [3.63, 3.8) is 0 Å². The minimum absolute atomic E-state index is 0. The largest absolute Gasteiger partial charge is 1.00 e. The number of hydrogen-bond acceptors (Lipinski definition) is 7. The van der Waals surface area contributed by atoms with Crippen LogP contribution >= 0.6 is 0 Å². The van der Waals surface area contributed by atoms with Crippen LogP contribution in [0.3, 0.4) is 0 Å². The van der Waals surface area contributed by atoms with Gasteiger partial charge in [0, 0.05) is 45.3 Å². The summed E-state index contributed by atoms with van der Waals surface area (Å²) in [5.74, 6) is -1.34. The summed E-state index contributed by atoms with van der Waals surface area (Å²) in [7, 11) is 3.10. The Balaban J connectivity index is 0. The summed E-state index contributed by atoms with van der Waals surface area (Å²) >= 11 is 0. The van der Waals surface area contributed by atoms with Gasteiger partial charge in [-0.25, -0.2) is 0 Å². The molecule has 0 saturated heterocycles. The number of anilines is 1. The van der Waals surface area contributed by atoms with E-state index >= 15 is 0 Å². The van der Waals surface area contributed by atoms with Crippen LogP contribution in [-0.4, -0.2) is 62.5 Å². The fourth-order valence-electron chi connectivity index (χ4n) is 4.26. The van der Waals surface area contributed by atoms with E-state index in [1.54, 1.807) is 31.4 Å². The number of para-hydroxylation sites is 1. The van der Waals surface area contributed by atoms with Gasteiger partial charge in [-0.15, -0.1) is 0 Å². The average Bonchev–Trinajstić information content (AvgIpc) is 3.10. The smallest absolute Gasteiger partial charge is 0.550 e. The van der Waals surface area contributed by atoms with E-state index in [-0.39, 0.29) is 60.8 Å². The number of nitrogens with zero attached hydrogens (tertiary/aromatic N) is 1. The zero-order chi connectivity index (χ0) is 39.7. The third-order valence-electron chi connectivity index (χ3n) is 7.68. The normalized spacial score (nSPS) is 10.5. The van der Waals surface area contributed by atoms with Crippen molar-refractivity contribution in [3.05, 3.63) is 95.1 Å². The molecule has 0 aliphatic heterocycles. The Hall–Kier alpha value is -3.70. The molecule has 0 bridgehead atoms. The van der Waals surface area contributed by atoms with Crippen LogP contribution in [0.25, 0.3) is 0 Å². The summed E-state index contributed by atoms with van der Waals surface area (Å²) in [6.45, 7) is 19.0. The molecule has 0 aliphatic carbocycles. The monoisotopic (exact) mass is 743 g/mol. The zero-order valence-electron chi connectivity index (χ0n) is 34.3. The molecule has 3 aromatic carbocycles. The number of ether oxygens (including phenoxy) is 2. The molecular weight excluding hydrogens is 681 g/mol. The molecule has 288 valence electrons. The van der Waals surface area contributed by atoms with Crippen LogP contribution in [0.5, 0.6) is 5.75 Å². The molecule has 0 fully saturated rings. The fraction of sp³-hybridized carbons (Fsp3) is 0.476. The summed E-state index contributed by atoms with van der Waals surface area (Å²) in [6, 6.07) is 21.3. The van der Waals surface area contributed by atoms with Gasteiger partial charge < -0.3 is 34.9 Å². The molecule has 0 aliphatic rings. The average molecular weight is 744 g/mol. The second-order valence-electron chi connectivity index (χ2n) is 13.2. The van der Waals surface area contributed by atoms with Gasteiger partial charge in [-0.3, -0.25) is 14.4 Å². The standard InChI is InChI=1S/C25H32N2O6.C9H11NO.C6H14.C2H6.Na/c1-18-5-7-19(8-6-18)15-24(29)27(13-4-14-32-2)17-23(28)26-22(16-25(30)31)20-9-11-21(33-3)12-10-20;1-7-5-3-4-6-9(7)10-8(2)11;1-5-6(2,3)4;1-2;/h5-12,22H,4,13-17H2,1-3H3,(H,26,28)(H,30,31);3-6H,1-2H3,(H,10,11);5H2,1-4H3;1-2H3;/q;;;;+1/p-1. The van der Waals surface area contributed by atoms with Gasteiger partial charge in [0.25, 0.3) is 0 Å². The molecule has 3 rings (SSSR count). The Kier molecular flexibility index (Phi) is 27.9. The van der Waals surface area contributed by atoms with E-state index in [4.69, 9.17) is 9.47 Å². The second kappa shape index (κ2) is 28.8. The van der Waals surface area contributed by atoms with Crippen LogP contribution in [0.15, 0.2) is 72.8 Å². The van der Waals surface area contributed by atoms with Gasteiger partial charge in [0.15, 0.2) is 0 Å². The van der Waals surface area contributed by atoms with Crippen LogP contribution in [-0.2, 0) is 30.3 Å². The first-order valence-electron chi connectivity index (χ1n) is 17.9. The number of benzene rings is 3. The molecule has 1 unspecified atom stereocenters. The van der Waals surface area contributed by atoms with Crippen molar-refractivity contribution in [1.29, 1.82) is 0 Å². The SMILES string of the molecule is CC.CC(=O)Nc1ccccc1C.CCC(C)(C)C.COCCCN(CC(=O)NC(CC(=O)[O-])c1ccc(OC)cc1)C(=O)Cc1ccc(C)cc1.[Na+]. The molecule has 2 N–H and O–H groups in total. The Morgan fingerprint density at radius 2 is 1.45 bits per heavy atom. The Morgan fingerprint density at radius 1 is 0.887 bits per heavy atom. The number of carbonyl (C=O) groups is 4. The van der Waals surface area contributed by atoms with E-state index in [0.717, 1.165) is 22.4 Å². The molecule has 0 aromatic heterocycles. The van der Waals surface area contributed by atoms with E-state index in [1.165, 1.54) is 25.4 Å². The van der Waals surface area contributed by atoms with Crippen molar-refractivity contribution in [2.75, 3.05) is 39.2 Å². The minimum Gasteiger partial charge on any atom is -0.550 e.